The second-order valence-corrected chi connectivity index (χ2v) is 4.50. The summed E-state index contributed by atoms with van der Waals surface area (Å²) in [5.74, 6) is -0.517. The highest BCUT2D eigenvalue weighted by molar-refractivity contribution is 5.65. The van der Waals surface area contributed by atoms with E-state index in [1.165, 1.54) is 12.1 Å². The van der Waals surface area contributed by atoms with Gasteiger partial charge >= 0.3 is 0 Å². The lowest BCUT2D eigenvalue weighted by molar-refractivity contribution is -0.384. The van der Waals surface area contributed by atoms with Crippen LogP contribution in [-0.4, -0.2) is 4.92 Å². The van der Waals surface area contributed by atoms with Gasteiger partial charge in [-0.3, -0.25) is 10.1 Å². The van der Waals surface area contributed by atoms with Gasteiger partial charge in [-0.05, 0) is 25.1 Å². The fraction of sp³-hybridized carbons (Fsp3) is 0.133. The number of rotatable bonds is 4. The molecule has 0 saturated heterocycles. The predicted molar refractivity (Wildman–Crippen MR) is 76.3 cm³/mol. The Balaban J connectivity index is 2.23. The van der Waals surface area contributed by atoms with Gasteiger partial charge in [-0.1, -0.05) is 18.2 Å². The summed E-state index contributed by atoms with van der Waals surface area (Å²) in [5, 5.41) is 22.6. The minimum absolute atomic E-state index is 0.0217. The number of benzene rings is 2. The van der Waals surface area contributed by atoms with Gasteiger partial charge in [0.1, 0.15) is 11.5 Å². The lowest BCUT2D eigenvalue weighted by atomic mass is 10.1. The smallest absolute Gasteiger partial charge is 0.295 e. The number of halogens is 1. The van der Waals surface area contributed by atoms with E-state index in [-0.39, 0.29) is 17.8 Å². The van der Waals surface area contributed by atoms with Crippen molar-refractivity contribution in [1.82, 2.24) is 0 Å². The predicted octanol–water partition coefficient (Wildman–Crippen LogP) is 3.53. The molecule has 0 aliphatic heterocycles. The normalized spacial score (nSPS) is 9.95. The number of hydrogen-bond acceptors (Lipinski definition) is 4. The highest BCUT2D eigenvalue weighted by atomic mass is 19.1. The maximum Gasteiger partial charge on any atom is 0.295 e. The van der Waals surface area contributed by atoms with Crippen molar-refractivity contribution in [2.45, 2.75) is 13.5 Å². The number of nitro groups is 1. The Kier molecular flexibility index (Phi) is 4.14. The molecule has 2 aromatic carbocycles. The Morgan fingerprint density at radius 1 is 1.38 bits per heavy atom. The van der Waals surface area contributed by atoms with Crippen LogP contribution in [0.5, 0.6) is 0 Å². The molecule has 0 saturated carbocycles. The van der Waals surface area contributed by atoms with Crippen LogP contribution in [0, 0.1) is 34.2 Å². The fourth-order valence-corrected chi connectivity index (χ4v) is 1.99. The number of nitriles is 1. The minimum Gasteiger partial charge on any atom is -0.375 e. The Morgan fingerprint density at radius 3 is 2.76 bits per heavy atom. The van der Waals surface area contributed by atoms with E-state index < -0.39 is 10.7 Å². The molecule has 2 rings (SSSR count). The second-order valence-electron chi connectivity index (χ2n) is 4.50. The zero-order valence-electron chi connectivity index (χ0n) is 11.3. The molecule has 0 aromatic heterocycles. The van der Waals surface area contributed by atoms with Crippen molar-refractivity contribution in [3.05, 3.63) is 69.0 Å². The van der Waals surface area contributed by atoms with E-state index >= 15 is 0 Å². The molecule has 0 heterocycles. The Morgan fingerprint density at radius 2 is 2.14 bits per heavy atom. The molecule has 106 valence electrons. The van der Waals surface area contributed by atoms with Gasteiger partial charge in [0.05, 0.1) is 16.6 Å². The van der Waals surface area contributed by atoms with E-state index in [2.05, 4.69) is 5.32 Å². The van der Waals surface area contributed by atoms with Gasteiger partial charge < -0.3 is 5.32 Å². The van der Waals surface area contributed by atoms with Crippen LogP contribution in [0.1, 0.15) is 16.7 Å². The topological polar surface area (TPSA) is 79.0 Å². The number of nitrogens with zero attached hydrogens (tertiary/aromatic N) is 2. The molecule has 0 aliphatic carbocycles. The zero-order valence-corrected chi connectivity index (χ0v) is 11.3. The van der Waals surface area contributed by atoms with Gasteiger partial charge in [-0.25, -0.2) is 4.39 Å². The van der Waals surface area contributed by atoms with E-state index in [0.29, 0.717) is 16.8 Å². The molecule has 0 aliphatic rings. The molecule has 21 heavy (non-hydrogen) atoms. The summed E-state index contributed by atoms with van der Waals surface area (Å²) in [6, 6.07) is 10.9. The van der Waals surface area contributed by atoms with Crippen LogP contribution in [0.2, 0.25) is 0 Å². The van der Waals surface area contributed by atoms with Gasteiger partial charge in [0.25, 0.3) is 5.69 Å². The molecule has 0 unspecified atom stereocenters. The minimum atomic E-state index is -0.517. The quantitative estimate of drug-likeness (QED) is 0.688. The van der Waals surface area contributed by atoms with Crippen LogP contribution in [0.25, 0.3) is 0 Å². The van der Waals surface area contributed by atoms with Crippen molar-refractivity contribution in [1.29, 1.82) is 5.26 Å². The number of aryl methyl sites for hydroxylation is 1. The fourth-order valence-electron chi connectivity index (χ4n) is 1.99. The van der Waals surface area contributed by atoms with Crippen LogP contribution in [0.15, 0.2) is 36.4 Å². The summed E-state index contributed by atoms with van der Waals surface area (Å²) in [5.41, 5.74) is 1.42. The van der Waals surface area contributed by atoms with Crippen molar-refractivity contribution in [2.75, 3.05) is 5.32 Å². The summed E-state index contributed by atoms with van der Waals surface area (Å²) in [6.45, 7) is 1.74. The third-order valence-corrected chi connectivity index (χ3v) is 3.07. The van der Waals surface area contributed by atoms with E-state index in [4.69, 9.17) is 5.26 Å². The average Bonchev–Trinajstić information content (AvgIpc) is 2.45. The first kappa shape index (κ1) is 14.5. The summed E-state index contributed by atoms with van der Waals surface area (Å²) >= 11 is 0. The van der Waals surface area contributed by atoms with Crippen molar-refractivity contribution in [3.63, 3.8) is 0 Å². The van der Waals surface area contributed by atoms with Gasteiger partial charge in [-0.15, -0.1) is 0 Å². The lowest BCUT2D eigenvalue weighted by Crippen LogP contribution is -2.05. The van der Waals surface area contributed by atoms with Crippen LogP contribution >= 0.6 is 0 Å². The van der Waals surface area contributed by atoms with E-state index in [0.717, 1.165) is 6.07 Å². The molecular weight excluding hydrogens is 273 g/mol. The number of hydrogen-bond donors (Lipinski definition) is 1. The molecule has 1 N–H and O–H groups in total. The first-order valence-corrected chi connectivity index (χ1v) is 6.19. The molecule has 6 heteroatoms. The molecule has 0 bridgehead atoms. The SMILES string of the molecule is Cc1cccc(NCc2ccc(C#N)cc2F)c1[N+](=O)[O-]. The van der Waals surface area contributed by atoms with Crippen LogP contribution in [0.3, 0.4) is 0 Å². The monoisotopic (exact) mass is 285 g/mol. The highest BCUT2D eigenvalue weighted by Crippen LogP contribution is 2.28. The van der Waals surface area contributed by atoms with Crippen molar-refractivity contribution in [2.24, 2.45) is 0 Å². The van der Waals surface area contributed by atoms with Crippen molar-refractivity contribution < 1.29 is 9.31 Å². The highest BCUT2D eigenvalue weighted by Gasteiger charge is 2.16. The summed E-state index contributed by atoms with van der Waals surface area (Å²) in [7, 11) is 0. The van der Waals surface area contributed by atoms with E-state index in [9.17, 15) is 14.5 Å². The standard InChI is InChI=1S/C15H12FN3O2/c1-10-3-2-4-14(15(10)19(20)21)18-9-12-6-5-11(8-17)7-13(12)16/h2-7,18H,9H2,1H3. The largest absolute Gasteiger partial charge is 0.375 e. The Hall–Kier alpha value is -2.94. The van der Waals surface area contributed by atoms with E-state index in [1.807, 2.05) is 6.07 Å². The molecule has 0 spiro atoms. The number of nitro benzene ring substituents is 1. The Labute approximate surface area is 120 Å². The third kappa shape index (κ3) is 3.15. The zero-order chi connectivity index (χ0) is 15.4. The van der Waals surface area contributed by atoms with Crippen LogP contribution in [-0.2, 0) is 6.54 Å². The second kappa shape index (κ2) is 6.01. The molecule has 0 amide bonds. The lowest BCUT2D eigenvalue weighted by Gasteiger charge is -2.09. The molecule has 2 aromatic rings. The number of para-hydroxylation sites is 1. The van der Waals surface area contributed by atoms with E-state index in [1.54, 1.807) is 25.1 Å². The summed E-state index contributed by atoms with van der Waals surface area (Å²) in [6.07, 6.45) is 0. The molecular formula is C15H12FN3O2. The van der Waals surface area contributed by atoms with Gasteiger partial charge in [0, 0.05) is 17.7 Å². The maximum absolute atomic E-state index is 13.8. The van der Waals surface area contributed by atoms with Crippen molar-refractivity contribution in [3.8, 4) is 6.07 Å². The summed E-state index contributed by atoms with van der Waals surface area (Å²) < 4.78 is 13.8. The average molecular weight is 285 g/mol. The first-order valence-electron chi connectivity index (χ1n) is 6.19. The van der Waals surface area contributed by atoms with Gasteiger partial charge in [-0.2, -0.15) is 5.26 Å². The van der Waals surface area contributed by atoms with Gasteiger partial charge in [0.15, 0.2) is 0 Å². The molecule has 5 nitrogen and oxygen atoms in total. The van der Waals surface area contributed by atoms with Gasteiger partial charge in [0.2, 0.25) is 0 Å². The maximum atomic E-state index is 13.8. The first-order chi connectivity index (χ1) is 10.0. The van der Waals surface area contributed by atoms with Crippen molar-refractivity contribution >= 4 is 11.4 Å². The van der Waals surface area contributed by atoms with Crippen LogP contribution in [0.4, 0.5) is 15.8 Å². The summed E-state index contributed by atoms with van der Waals surface area (Å²) in [4.78, 5) is 10.6. The third-order valence-electron chi connectivity index (χ3n) is 3.07. The van der Waals surface area contributed by atoms with Crippen LogP contribution < -0.4 is 5.32 Å². The number of nitrogens with one attached hydrogen (secondary N) is 1. The molecule has 0 atom stereocenters. The molecule has 0 radical (unpaired) electrons. The Bertz CT molecular complexity index is 738. The number of anilines is 1. The molecule has 0 fully saturated rings.